The predicted molar refractivity (Wildman–Crippen MR) is 71.1 cm³/mol. The summed E-state index contributed by atoms with van der Waals surface area (Å²) in [7, 11) is 0. The number of carbonyl (C=O) groups excluding carboxylic acids is 1. The van der Waals surface area contributed by atoms with Gasteiger partial charge in [0.05, 0.1) is 0 Å². The lowest BCUT2D eigenvalue weighted by atomic mass is 10.3. The maximum absolute atomic E-state index is 11.1. The highest BCUT2D eigenvalue weighted by Gasteiger charge is 2.14. The van der Waals surface area contributed by atoms with Crippen LogP contribution in [0.25, 0.3) is 0 Å². The molecule has 0 radical (unpaired) electrons. The van der Waals surface area contributed by atoms with Crippen molar-refractivity contribution in [3.8, 4) is 0 Å². The van der Waals surface area contributed by atoms with Crippen LogP contribution in [0.2, 0.25) is 0 Å². The first kappa shape index (κ1) is 18.7. The van der Waals surface area contributed by atoms with Gasteiger partial charge in [0.15, 0.2) is 6.23 Å². The Kier molecular flexibility index (Phi) is 11.0. The molecule has 0 aromatic heterocycles. The van der Waals surface area contributed by atoms with Gasteiger partial charge in [0.25, 0.3) is 0 Å². The Morgan fingerprint density at radius 2 is 1.78 bits per heavy atom. The van der Waals surface area contributed by atoms with Crippen LogP contribution >= 0.6 is 0 Å². The first-order valence-electron chi connectivity index (χ1n) is 5.75. The molecule has 18 heavy (non-hydrogen) atoms. The van der Waals surface area contributed by atoms with Crippen molar-refractivity contribution >= 4 is 11.9 Å². The van der Waals surface area contributed by atoms with Crippen molar-refractivity contribution in [1.29, 1.82) is 0 Å². The van der Waals surface area contributed by atoms with Gasteiger partial charge < -0.3 is 9.84 Å². The van der Waals surface area contributed by atoms with E-state index in [0.717, 1.165) is 19.2 Å². The van der Waals surface area contributed by atoms with Gasteiger partial charge in [-0.3, -0.25) is 4.90 Å². The molecule has 0 fully saturated rings. The quantitative estimate of drug-likeness (QED) is 0.448. The van der Waals surface area contributed by atoms with Gasteiger partial charge in [-0.25, -0.2) is 9.59 Å². The number of ether oxygens (including phenoxy) is 1. The molecule has 1 N–H and O–H groups in total. The predicted octanol–water partition coefficient (Wildman–Crippen LogP) is 2.05. The maximum Gasteiger partial charge on any atom is 0.334 e. The lowest BCUT2D eigenvalue weighted by Gasteiger charge is -2.25. The molecule has 104 valence electrons. The molecule has 1 atom stereocenters. The second-order valence-corrected chi connectivity index (χ2v) is 3.55. The molecule has 5 nitrogen and oxygen atoms in total. The largest absolute Gasteiger partial charge is 0.478 e. The van der Waals surface area contributed by atoms with Crippen molar-refractivity contribution < 1.29 is 19.4 Å². The van der Waals surface area contributed by atoms with E-state index in [1.54, 1.807) is 6.92 Å². The second-order valence-electron chi connectivity index (χ2n) is 3.55. The SMILES string of the molecule is C=C(C)C(=O)OC(C)N(CC)CC.C=CC(=O)O. The van der Waals surface area contributed by atoms with E-state index in [1.165, 1.54) is 0 Å². The van der Waals surface area contributed by atoms with Crippen molar-refractivity contribution in [2.75, 3.05) is 13.1 Å². The number of hydrogen-bond donors (Lipinski definition) is 1. The fraction of sp³-hybridized carbons (Fsp3) is 0.538. The minimum Gasteiger partial charge on any atom is -0.478 e. The summed E-state index contributed by atoms with van der Waals surface area (Å²) < 4.78 is 5.14. The molecule has 0 aliphatic carbocycles. The molecule has 0 aromatic carbocycles. The molecule has 0 bridgehead atoms. The average Bonchev–Trinajstić information content (AvgIpc) is 2.31. The summed E-state index contributed by atoms with van der Waals surface area (Å²) in [6.07, 6.45) is 0.666. The molecule has 0 aromatic rings. The van der Waals surface area contributed by atoms with Crippen LogP contribution < -0.4 is 0 Å². The van der Waals surface area contributed by atoms with Crippen LogP contribution in [0.4, 0.5) is 0 Å². The van der Waals surface area contributed by atoms with Crippen molar-refractivity contribution in [2.45, 2.75) is 33.9 Å². The van der Waals surface area contributed by atoms with Gasteiger partial charge in [0.2, 0.25) is 0 Å². The summed E-state index contributed by atoms with van der Waals surface area (Å²) in [4.78, 5) is 22.4. The first-order chi connectivity index (χ1) is 8.29. The van der Waals surface area contributed by atoms with E-state index in [1.807, 2.05) is 20.8 Å². The van der Waals surface area contributed by atoms with Crippen molar-refractivity contribution in [3.05, 3.63) is 24.8 Å². The number of hydrogen-bond acceptors (Lipinski definition) is 4. The highest BCUT2D eigenvalue weighted by atomic mass is 16.6. The van der Waals surface area contributed by atoms with E-state index >= 15 is 0 Å². The zero-order valence-corrected chi connectivity index (χ0v) is 11.6. The van der Waals surface area contributed by atoms with E-state index in [-0.39, 0.29) is 12.2 Å². The number of carboxylic acid groups (broad SMARTS) is 1. The molecule has 5 heteroatoms. The summed E-state index contributed by atoms with van der Waals surface area (Å²) in [5.74, 6) is -1.30. The van der Waals surface area contributed by atoms with E-state index < -0.39 is 5.97 Å². The fourth-order valence-electron chi connectivity index (χ4n) is 1.07. The normalized spacial score (nSPS) is 10.9. The van der Waals surface area contributed by atoms with Crippen LogP contribution in [0.3, 0.4) is 0 Å². The van der Waals surface area contributed by atoms with Gasteiger partial charge >= 0.3 is 11.9 Å². The summed E-state index contributed by atoms with van der Waals surface area (Å²) in [6.45, 7) is 15.8. The van der Waals surface area contributed by atoms with Crippen LogP contribution in [0, 0.1) is 0 Å². The first-order valence-corrected chi connectivity index (χ1v) is 5.75. The number of rotatable bonds is 6. The number of carboxylic acids is 1. The minimum atomic E-state index is -0.981. The van der Waals surface area contributed by atoms with E-state index in [9.17, 15) is 9.59 Å². The summed E-state index contributed by atoms with van der Waals surface area (Å²) in [5, 5.41) is 7.60. The monoisotopic (exact) mass is 257 g/mol. The number of carbonyl (C=O) groups is 2. The number of aliphatic carboxylic acids is 1. The van der Waals surface area contributed by atoms with Crippen molar-refractivity contribution in [2.24, 2.45) is 0 Å². The van der Waals surface area contributed by atoms with Gasteiger partial charge in [0.1, 0.15) is 0 Å². The van der Waals surface area contributed by atoms with Crippen LogP contribution in [0.5, 0.6) is 0 Å². The van der Waals surface area contributed by atoms with Crippen molar-refractivity contribution in [1.82, 2.24) is 4.90 Å². The Balaban J connectivity index is 0. The highest BCUT2D eigenvalue weighted by molar-refractivity contribution is 5.87. The summed E-state index contributed by atoms with van der Waals surface area (Å²) in [6, 6.07) is 0. The van der Waals surface area contributed by atoms with E-state index in [2.05, 4.69) is 18.1 Å². The Bertz CT molecular complexity index is 295. The Labute approximate surface area is 109 Å². The van der Waals surface area contributed by atoms with Gasteiger partial charge in [-0.1, -0.05) is 27.0 Å². The standard InChI is InChI=1S/C10H19NO2.C3H4O2/c1-6-11(7-2)9(5)13-10(12)8(3)4;1-2-3(4)5/h9H,3,6-7H2,1-2,4-5H3;2H,1H2,(H,4,5). The average molecular weight is 257 g/mol. The Hall–Kier alpha value is -1.62. The molecule has 0 saturated heterocycles. The second kappa shape index (κ2) is 10.5. The maximum atomic E-state index is 11.1. The molecule has 0 heterocycles. The zero-order valence-electron chi connectivity index (χ0n) is 11.6. The lowest BCUT2D eigenvalue weighted by molar-refractivity contribution is -0.152. The minimum absolute atomic E-state index is 0.167. The number of nitrogens with zero attached hydrogens (tertiary/aromatic N) is 1. The Morgan fingerprint density at radius 3 is 2.00 bits per heavy atom. The molecular weight excluding hydrogens is 234 g/mol. The molecular formula is C13H23NO4. The van der Waals surface area contributed by atoms with Crippen LogP contribution in [-0.2, 0) is 14.3 Å². The number of esters is 1. The molecule has 0 saturated carbocycles. The lowest BCUT2D eigenvalue weighted by Crippen LogP contribution is -2.36. The molecule has 0 aliphatic heterocycles. The smallest absolute Gasteiger partial charge is 0.334 e. The van der Waals surface area contributed by atoms with Crippen LogP contribution in [0.1, 0.15) is 27.7 Å². The third-order valence-corrected chi connectivity index (χ3v) is 2.13. The molecule has 0 aliphatic rings. The third kappa shape index (κ3) is 9.59. The molecule has 0 spiro atoms. The van der Waals surface area contributed by atoms with Gasteiger partial charge in [-0.2, -0.15) is 0 Å². The highest BCUT2D eigenvalue weighted by Crippen LogP contribution is 2.03. The molecule has 0 amide bonds. The molecule has 1 unspecified atom stereocenters. The topological polar surface area (TPSA) is 66.8 Å². The van der Waals surface area contributed by atoms with E-state index in [4.69, 9.17) is 9.84 Å². The Morgan fingerprint density at radius 1 is 1.39 bits per heavy atom. The summed E-state index contributed by atoms with van der Waals surface area (Å²) >= 11 is 0. The third-order valence-electron chi connectivity index (χ3n) is 2.13. The van der Waals surface area contributed by atoms with Gasteiger partial charge in [0, 0.05) is 11.6 Å². The molecule has 0 rings (SSSR count). The fourth-order valence-corrected chi connectivity index (χ4v) is 1.07. The van der Waals surface area contributed by atoms with Crippen molar-refractivity contribution in [3.63, 3.8) is 0 Å². The van der Waals surface area contributed by atoms with Crippen LogP contribution in [-0.4, -0.2) is 41.3 Å². The zero-order chi connectivity index (χ0) is 14.7. The van der Waals surface area contributed by atoms with E-state index in [0.29, 0.717) is 5.57 Å². The van der Waals surface area contributed by atoms with Gasteiger partial charge in [-0.15, -0.1) is 0 Å². The summed E-state index contributed by atoms with van der Waals surface area (Å²) in [5.41, 5.74) is 0.444. The van der Waals surface area contributed by atoms with Gasteiger partial charge in [-0.05, 0) is 26.9 Å². The van der Waals surface area contributed by atoms with Crippen LogP contribution in [0.15, 0.2) is 24.8 Å².